The molecule has 0 bridgehead atoms. The normalized spacial score (nSPS) is 26.8. The molecule has 1 fully saturated rings. The average molecular weight is 307 g/mol. The van der Waals surface area contributed by atoms with Crippen LogP contribution in [0.1, 0.15) is 39.8 Å². The van der Waals surface area contributed by atoms with Crippen molar-refractivity contribution >= 4 is 16.3 Å². The van der Waals surface area contributed by atoms with Crippen LogP contribution in [0.3, 0.4) is 0 Å². The van der Waals surface area contributed by atoms with Gasteiger partial charge in [0.15, 0.2) is 4.96 Å². The molecule has 5 heteroatoms. The van der Waals surface area contributed by atoms with Gasteiger partial charge in [-0.2, -0.15) is 0 Å². The lowest BCUT2D eigenvalue weighted by atomic mass is 9.77. The van der Waals surface area contributed by atoms with Crippen molar-refractivity contribution in [2.75, 3.05) is 13.2 Å². The molecular weight excluding hydrogens is 282 g/mol. The highest BCUT2D eigenvalue weighted by molar-refractivity contribution is 7.15. The molecule has 1 N–H and O–H groups in total. The van der Waals surface area contributed by atoms with Crippen molar-refractivity contribution in [1.82, 2.24) is 14.7 Å². The van der Waals surface area contributed by atoms with Crippen molar-refractivity contribution in [3.63, 3.8) is 0 Å². The largest absolute Gasteiger partial charge is 0.378 e. The first-order valence-corrected chi connectivity index (χ1v) is 8.54. The molecule has 116 valence electrons. The Morgan fingerprint density at radius 3 is 2.95 bits per heavy atom. The second kappa shape index (κ2) is 5.38. The molecule has 1 saturated heterocycles. The fraction of sp³-hybridized carbons (Fsp3) is 0.688. The van der Waals surface area contributed by atoms with Gasteiger partial charge in [-0.1, -0.05) is 0 Å². The maximum absolute atomic E-state index is 5.89. The highest BCUT2D eigenvalue weighted by atomic mass is 32.1. The third-order valence-electron chi connectivity index (χ3n) is 4.48. The molecule has 0 saturated carbocycles. The number of hydrogen-bond acceptors (Lipinski definition) is 4. The molecule has 0 spiro atoms. The second-order valence-electron chi connectivity index (χ2n) is 7.23. The predicted molar refractivity (Wildman–Crippen MR) is 87.0 cm³/mol. The van der Waals surface area contributed by atoms with Gasteiger partial charge in [0.1, 0.15) is 0 Å². The van der Waals surface area contributed by atoms with Crippen molar-refractivity contribution in [3.8, 4) is 0 Å². The number of fused-ring (bicyclic) bond motifs is 1. The van der Waals surface area contributed by atoms with Gasteiger partial charge in [0.05, 0.1) is 11.8 Å². The van der Waals surface area contributed by atoms with Crippen molar-refractivity contribution in [1.29, 1.82) is 0 Å². The first kappa shape index (κ1) is 15.0. The lowest BCUT2D eigenvalue weighted by Gasteiger charge is -2.35. The summed E-state index contributed by atoms with van der Waals surface area (Å²) in [4.78, 5) is 5.84. The Labute approximate surface area is 130 Å². The van der Waals surface area contributed by atoms with E-state index in [0.29, 0.717) is 0 Å². The summed E-state index contributed by atoms with van der Waals surface area (Å²) in [7, 11) is 0. The third-order valence-corrected chi connectivity index (χ3v) is 5.25. The van der Waals surface area contributed by atoms with E-state index in [1.165, 1.54) is 5.69 Å². The van der Waals surface area contributed by atoms with E-state index >= 15 is 0 Å². The van der Waals surface area contributed by atoms with Crippen LogP contribution < -0.4 is 5.32 Å². The van der Waals surface area contributed by atoms with Crippen LogP contribution in [0.15, 0.2) is 17.8 Å². The minimum atomic E-state index is 0.129. The predicted octanol–water partition coefficient (Wildman–Crippen LogP) is 3.12. The molecule has 4 nitrogen and oxygen atoms in total. The topological polar surface area (TPSA) is 38.6 Å². The molecule has 2 aromatic heterocycles. The van der Waals surface area contributed by atoms with E-state index in [1.807, 2.05) is 0 Å². The van der Waals surface area contributed by atoms with Crippen LogP contribution in [0, 0.1) is 5.41 Å². The summed E-state index contributed by atoms with van der Waals surface area (Å²) in [5, 5.41) is 5.74. The van der Waals surface area contributed by atoms with Gasteiger partial charge < -0.3 is 10.1 Å². The summed E-state index contributed by atoms with van der Waals surface area (Å²) < 4.78 is 8.01. The molecule has 0 radical (unpaired) electrons. The number of hydrogen-bond donors (Lipinski definition) is 1. The minimum absolute atomic E-state index is 0.129. The summed E-state index contributed by atoms with van der Waals surface area (Å²) in [6.45, 7) is 10.7. The van der Waals surface area contributed by atoms with Crippen molar-refractivity contribution in [2.24, 2.45) is 5.41 Å². The van der Waals surface area contributed by atoms with Crippen molar-refractivity contribution < 1.29 is 4.74 Å². The molecule has 2 atom stereocenters. The van der Waals surface area contributed by atoms with Gasteiger partial charge in [-0.05, 0) is 34.1 Å². The first-order valence-electron chi connectivity index (χ1n) is 7.66. The summed E-state index contributed by atoms with van der Waals surface area (Å²) >= 11 is 1.69. The molecule has 21 heavy (non-hydrogen) atoms. The van der Waals surface area contributed by atoms with E-state index < -0.39 is 0 Å². The number of nitrogens with one attached hydrogen (secondary N) is 1. The van der Waals surface area contributed by atoms with Crippen LogP contribution in [-0.4, -0.2) is 34.2 Å². The van der Waals surface area contributed by atoms with Crippen LogP contribution in [-0.2, 0) is 11.2 Å². The summed E-state index contributed by atoms with van der Waals surface area (Å²) in [5.74, 6) is 0. The number of ether oxygens (including phenoxy) is 1. The first-order chi connectivity index (χ1) is 9.88. The van der Waals surface area contributed by atoms with Gasteiger partial charge in [0.2, 0.25) is 0 Å². The van der Waals surface area contributed by atoms with Gasteiger partial charge >= 0.3 is 0 Å². The third kappa shape index (κ3) is 3.15. The van der Waals surface area contributed by atoms with Gasteiger partial charge in [-0.3, -0.25) is 4.40 Å². The number of imidazole rings is 1. The highest BCUT2D eigenvalue weighted by Gasteiger charge is 2.42. The molecule has 1 aliphatic heterocycles. The molecule has 2 aromatic rings. The van der Waals surface area contributed by atoms with Gasteiger partial charge in [-0.15, -0.1) is 11.3 Å². The minimum Gasteiger partial charge on any atom is -0.378 e. The van der Waals surface area contributed by atoms with E-state index in [1.54, 1.807) is 11.3 Å². The Kier molecular flexibility index (Phi) is 3.84. The van der Waals surface area contributed by atoms with Crippen LogP contribution >= 0.6 is 11.3 Å². The van der Waals surface area contributed by atoms with E-state index in [4.69, 9.17) is 9.72 Å². The average Bonchev–Trinajstić information content (AvgIpc) is 3.03. The van der Waals surface area contributed by atoms with Gasteiger partial charge in [0.25, 0.3) is 0 Å². The molecule has 0 aromatic carbocycles. The summed E-state index contributed by atoms with van der Waals surface area (Å²) in [5.41, 5.74) is 1.45. The van der Waals surface area contributed by atoms with E-state index in [0.717, 1.165) is 31.0 Å². The van der Waals surface area contributed by atoms with E-state index in [-0.39, 0.29) is 17.1 Å². The smallest absolute Gasteiger partial charge is 0.193 e. The number of nitrogens with zero attached hydrogens (tertiary/aromatic N) is 2. The Bertz CT molecular complexity index is 584. The fourth-order valence-electron chi connectivity index (χ4n) is 3.01. The number of thiazole rings is 1. The Morgan fingerprint density at radius 2 is 2.33 bits per heavy atom. The van der Waals surface area contributed by atoms with Crippen LogP contribution in [0.4, 0.5) is 0 Å². The zero-order valence-electron chi connectivity index (χ0n) is 13.3. The molecule has 1 aliphatic rings. The molecule has 3 heterocycles. The van der Waals surface area contributed by atoms with Crippen LogP contribution in [0.25, 0.3) is 4.96 Å². The zero-order chi connectivity index (χ0) is 15.1. The van der Waals surface area contributed by atoms with E-state index in [2.05, 4.69) is 55.2 Å². The van der Waals surface area contributed by atoms with Gasteiger partial charge in [0, 0.05) is 48.3 Å². The molecule has 0 aliphatic carbocycles. The molecular formula is C16H25N3OS. The Hall–Kier alpha value is -0.910. The molecule has 3 rings (SSSR count). The Morgan fingerprint density at radius 1 is 1.52 bits per heavy atom. The highest BCUT2D eigenvalue weighted by Crippen LogP contribution is 2.38. The lowest BCUT2D eigenvalue weighted by Crippen LogP contribution is -2.47. The zero-order valence-corrected chi connectivity index (χ0v) is 14.2. The van der Waals surface area contributed by atoms with Crippen molar-refractivity contribution in [2.45, 2.75) is 52.2 Å². The molecule has 2 unspecified atom stereocenters. The fourth-order valence-corrected chi connectivity index (χ4v) is 3.73. The quantitative estimate of drug-likeness (QED) is 0.943. The van der Waals surface area contributed by atoms with Gasteiger partial charge in [-0.25, -0.2) is 4.98 Å². The van der Waals surface area contributed by atoms with E-state index in [9.17, 15) is 0 Å². The summed E-state index contributed by atoms with van der Waals surface area (Å²) in [6, 6.07) is 0. The van der Waals surface area contributed by atoms with Crippen molar-refractivity contribution in [3.05, 3.63) is 23.5 Å². The SMILES string of the molecule is CC1OCCC1(CNC(C)(C)C)Cc1cn2ccsc2n1. The molecule has 0 amide bonds. The lowest BCUT2D eigenvalue weighted by molar-refractivity contribution is 0.0593. The van der Waals surface area contributed by atoms with Crippen LogP contribution in [0.2, 0.25) is 0 Å². The number of aromatic nitrogens is 2. The standard InChI is InChI=1S/C16H25N3OS/c1-12-16(5-7-20-12,11-17-15(2,3)4)9-13-10-19-6-8-21-14(19)18-13/h6,8,10,12,17H,5,7,9,11H2,1-4H3. The maximum atomic E-state index is 5.89. The monoisotopic (exact) mass is 307 g/mol. The van der Waals surface area contributed by atoms with Crippen LogP contribution in [0.5, 0.6) is 0 Å². The number of rotatable bonds is 4. The summed E-state index contributed by atoms with van der Waals surface area (Å²) in [6.07, 6.45) is 6.58. The maximum Gasteiger partial charge on any atom is 0.193 e. The Balaban J connectivity index is 1.80. The second-order valence-corrected chi connectivity index (χ2v) is 8.10.